The summed E-state index contributed by atoms with van der Waals surface area (Å²) in [6, 6.07) is 0. The van der Waals surface area contributed by atoms with Crippen LogP contribution in [0.2, 0.25) is 0 Å². The molecule has 76 valence electrons. The highest BCUT2D eigenvalue weighted by atomic mass is 35.5. The molecule has 0 radical (unpaired) electrons. The Balaban J connectivity index is 0. The van der Waals surface area contributed by atoms with Gasteiger partial charge in [-0.15, -0.1) is 23.2 Å². The van der Waals surface area contributed by atoms with E-state index in [-0.39, 0.29) is 5.34 Å². The summed E-state index contributed by atoms with van der Waals surface area (Å²) in [4.78, 5) is 0. The zero-order valence-corrected chi connectivity index (χ0v) is 9.07. The molecule has 4 heteroatoms. The second-order valence-corrected chi connectivity index (χ2v) is 2.95. The van der Waals surface area contributed by atoms with Gasteiger partial charge in [-0.2, -0.15) is 0 Å². The lowest BCUT2D eigenvalue weighted by Crippen LogP contribution is -1.74. The predicted molar refractivity (Wildman–Crippen MR) is 54.0 cm³/mol. The van der Waals surface area contributed by atoms with Gasteiger partial charge in [0.05, 0.1) is 5.34 Å². The summed E-state index contributed by atoms with van der Waals surface area (Å²) in [6.45, 7) is 4.25. The zero-order valence-electron chi connectivity index (χ0n) is 7.56. The van der Waals surface area contributed by atoms with Crippen LogP contribution in [-0.4, -0.2) is 30.3 Å². The molecule has 1 aliphatic heterocycles. The van der Waals surface area contributed by atoms with Crippen molar-refractivity contribution in [3.05, 3.63) is 0 Å². The van der Waals surface area contributed by atoms with Crippen molar-refractivity contribution in [3.8, 4) is 0 Å². The van der Waals surface area contributed by atoms with E-state index in [0.717, 1.165) is 19.6 Å². The highest BCUT2D eigenvalue weighted by Gasteiger charge is 1.94. The van der Waals surface area contributed by atoms with Crippen LogP contribution in [0.3, 0.4) is 0 Å². The molecule has 0 atom stereocenters. The topological polar surface area (TPSA) is 29.5 Å². The molecular weight excluding hydrogens is 199 g/mol. The van der Waals surface area contributed by atoms with E-state index in [0.29, 0.717) is 6.61 Å². The molecule has 0 bridgehead atoms. The van der Waals surface area contributed by atoms with Crippen molar-refractivity contribution in [2.75, 3.05) is 25.2 Å². The molecule has 1 fully saturated rings. The van der Waals surface area contributed by atoms with E-state index in [4.69, 9.17) is 33.0 Å². The van der Waals surface area contributed by atoms with Gasteiger partial charge in [0.25, 0.3) is 0 Å². The van der Waals surface area contributed by atoms with Crippen molar-refractivity contribution in [1.82, 2.24) is 0 Å². The van der Waals surface area contributed by atoms with E-state index in [1.54, 1.807) is 0 Å². The molecule has 1 N–H and O–H groups in total. The quantitative estimate of drug-likeness (QED) is 0.684. The Kier molecular flexibility index (Phi) is 21.9. The van der Waals surface area contributed by atoms with Gasteiger partial charge in [0.15, 0.2) is 0 Å². The van der Waals surface area contributed by atoms with Gasteiger partial charge in [-0.1, -0.05) is 6.92 Å². The minimum absolute atomic E-state index is 0.194. The van der Waals surface area contributed by atoms with Gasteiger partial charge in [0, 0.05) is 19.8 Å². The van der Waals surface area contributed by atoms with Crippen LogP contribution < -0.4 is 0 Å². The Morgan fingerprint density at radius 3 is 1.67 bits per heavy atom. The van der Waals surface area contributed by atoms with Crippen LogP contribution in [0.4, 0.5) is 0 Å². The van der Waals surface area contributed by atoms with Crippen LogP contribution in [-0.2, 0) is 4.74 Å². The molecule has 0 aromatic carbocycles. The summed E-state index contributed by atoms with van der Waals surface area (Å²) in [6.07, 6.45) is 3.43. The van der Waals surface area contributed by atoms with Gasteiger partial charge in [-0.05, 0) is 19.3 Å². The molecular formula is C8H18Cl2O2. The molecule has 1 aliphatic rings. The van der Waals surface area contributed by atoms with Gasteiger partial charge >= 0.3 is 0 Å². The van der Waals surface area contributed by atoms with E-state index < -0.39 is 0 Å². The molecule has 0 spiro atoms. The standard InChI is InChI=1S/C4H8O.C3H8O.CH2Cl2/c1-2-4-5-3-1;1-2-3-4;2-1-3/h1-4H2;4H,2-3H2,1H3;1H2. The van der Waals surface area contributed by atoms with Crippen LogP contribution in [0.5, 0.6) is 0 Å². The Morgan fingerprint density at radius 1 is 1.25 bits per heavy atom. The third kappa shape index (κ3) is 22.4. The number of hydrogen-bond donors (Lipinski definition) is 1. The lowest BCUT2D eigenvalue weighted by Gasteiger charge is -1.76. The molecule has 1 rings (SSSR count). The third-order valence-electron chi connectivity index (χ3n) is 1.05. The molecule has 0 aromatic rings. The summed E-state index contributed by atoms with van der Waals surface area (Å²) in [5.41, 5.74) is 0. The Labute approximate surface area is 84.8 Å². The highest BCUT2D eigenvalue weighted by molar-refractivity contribution is 6.40. The third-order valence-corrected chi connectivity index (χ3v) is 1.05. The monoisotopic (exact) mass is 216 g/mol. The second-order valence-electron chi connectivity index (χ2n) is 2.14. The first kappa shape index (κ1) is 15.0. The number of rotatable bonds is 1. The van der Waals surface area contributed by atoms with Crippen molar-refractivity contribution >= 4 is 23.2 Å². The molecule has 0 aromatic heterocycles. The summed E-state index contributed by atoms with van der Waals surface area (Å²) in [7, 11) is 0. The minimum atomic E-state index is 0.194. The average Bonchev–Trinajstić information content (AvgIpc) is 2.62. The van der Waals surface area contributed by atoms with E-state index >= 15 is 0 Å². The highest BCUT2D eigenvalue weighted by Crippen LogP contribution is 1.98. The maximum atomic E-state index is 7.88. The number of hydrogen-bond acceptors (Lipinski definition) is 2. The average molecular weight is 217 g/mol. The summed E-state index contributed by atoms with van der Waals surface area (Å²) < 4.78 is 4.94. The number of ether oxygens (including phenoxy) is 1. The molecule has 1 saturated heterocycles. The SMILES string of the molecule is C1CCOC1.CCCO.ClCCl. The maximum absolute atomic E-state index is 7.88. The number of aliphatic hydroxyl groups excluding tert-OH is 1. The van der Waals surface area contributed by atoms with E-state index in [2.05, 4.69) is 0 Å². The predicted octanol–water partition coefficient (Wildman–Crippen LogP) is 2.61. The molecule has 1 heterocycles. The smallest absolute Gasteiger partial charge is 0.0967 e. The lowest BCUT2D eigenvalue weighted by atomic mass is 10.4. The van der Waals surface area contributed by atoms with Crippen molar-refractivity contribution in [2.24, 2.45) is 0 Å². The molecule has 0 saturated carbocycles. The first-order chi connectivity index (χ1) is 5.83. The van der Waals surface area contributed by atoms with E-state index in [9.17, 15) is 0 Å². The molecule has 0 amide bonds. The first-order valence-electron chi connectivity index (χ1n) is 4.14. The Hall–Kier alpha value is 0.500. The second kappa shape index (κ2) is 17.5. The minimum Gasteiger partial charge on any atom is -0.396 e. The van der Waals surface area contributed by atoms with Crippen LogP contribution >= 0.6 is 23.2 Å². The van der Waals surface area contributed by atoms with Gasteiger partial charge in [-0.25, -0.2) is 0 Å². The number of alkyl halides is 2. The van der Waals surface area contributed by atoms with Gasteiger partial charge in [0.1, 0.15) is 0 Å². The van der Waals surface area contributed by atoms with Crippen LogP contribution in [0.25, 0.3) is 0 Å². The van der Waals surface area contributed by atoms with Crippen LogP contribution in [0.1, 0.15) is 26.2 Å². The zero-order chi connectivity index (χ0) is 9.66. The van der Waals surface area contributed by atoms with Gasteiger partial charge in [0.2, 0.25) is 0 Å². The molecule has 2 nitrogen and oxygen atoms in total. The fourth-order valence-corrected chi connectivity index (χ4v) is 0.510. The largest absolute Gasteiger partial charge is 0.396 e. The van der Waals surface area contributed by atoms with Gasteiger partial charge < -0.3 is 9.84 Å². The number of aliphatic hydroxyl groups is 1. The van der Waals surface area contributed by atoms with Gasteiger partial charge in [-0.3, -0.25) is 0 Å². The maximum Gasteiger partial charge on any atom is 0.0967 e. The summed E-state index contributed by atoms with van der Waals surface area (Å²) in [5.74, 6) is 0. The van der Waals surface area contributed by atoms with Crippen LogP contribution in [0.15, 0.2) is 0 Å². The van der Waals surface area contributed by atoms with Crippen molar-refractivity contribution < 1.29 is 9.84 Å². The fraction of sp³-hybridized carbons (Fsp3) is 1.00. The Morgan fingerprint density at radius 2 is 1.58 bits per heavy atom. The molecule has 0 unspecified atom stereocenters. The van der Waals surface area contributed by atoms with E-state index in [1.165, 1.54) is 12.8 Å². The van der Waals surface area contributed by atoms with Crippen molar-refractivity contribution in [1.29, 1.82) is 0 Å². The first-order valence-corrected chi connectivity index (χ1v) is 5.20. The summed E-state index contributed by atoms with van der Waals surface area (Å²) in [5, 5.41) is 8.07. The Bertz CT molecular complexity index is 49.4. The fourth-order valence-electron chi connectivity index (χ4n) is 0.510. The normalized spacial score (nSPS) is 14.0. The summed E-state index contributed by atoms with van der Waals surface area (Å²) >= 11 is 9.53. The van der Waals surface area contributed by atoms with Crippen molar-refractivity contribution in [3.63, 3.8) is 0 Å². The van der Waals surface area contributed by atoms with Crippen molar-refractivity contribution in [2.45, 2.75) is 26.2 Å². The lowest BCUT2D eigenvalue weighted by molar-refractivity contribution is 0.198. The van der Waals surface area contributed by atoms with Crippen LogP contribution in [0, 0.1) is 0 Å². The number of halogens is 2. The molecule has 0 aliphatic carbocycles. The molecule has 12 heavy (non-hydrogen) atoms. The van der Waals surface area contributed by atoms with E-state index in [1.807, 2.05) is 6.92 Å².